The number of ether oxygens (including phenoxy) is 1. The minimum atomic E-state index is -0.680. The predicted octanol–water partition coefficient (Wildman–Crippen LogP) is 3.43. The topological polar surface area (TPSA) is 77.1 Å². The van der Waals surface area contributed by atoms with Crippen LogP contribution in [0.25, 0.3) is 0 Å². The van der Waals surface area contributed by atoms with Crippen molar-refractivity contribution < 1.29 is 23.6 Å². The Labute approximate surface area is 198 Å². The maximum atomic E-state index is 13.2. The molecule has 0 aliphatic carbocycles. The van der Waals surface area contributed by atoms with Crippen LogP contribution in [0.15, 0.2) is 24.3 Å². The van der Waals surface area contributed by atoms with Crippen molar-refractivity contribution in [3.05, 3.63) is 29.8 Å². The summed E-state index contributed by atoms with van der Waals surface area (Å²) >= 11 is 0. The van der Waals surface area contributed by atoms with Gasteiger partial charge in [0.15, 0.2) is 0 Å². The van der Waals surface area contributed by atoms with E-state index in [4.69, 9.17) is 14.0 Å². The number of carbonyl (C=O) groups is 2. The lowest BCUT2D eigenvalue weighted by Gasteiger charge is -2.32. The zero-order valence-corrected chi connectivity index (χ0v) is 21.2. The van der Waals surface area contributed by atoms with Gasteiger partial charge in [0, 0.05) is 19.5 Å². The van der Waals surface area contributed by atoms with Crippen LogP contribution in [0.3, 0.4) is 0 Å². The number of carbonyl (C=O) groups excluding carboxylic acids is 2. The van der Waals surface area contributed by atoms with Crippen LogP contribution in [0.1, 0.15) is 73.3 Å². The van der Waals surface area contributed by atoms with E-state index in [0.29, 0.717) is 6.42 Å². The molecule has 2 amide bonds. The molecule has 2 fully saturated rings. The minimum absolute atomic E-state index is 0.0596. The predicted molar refractivity (Wildman–Crippen MR) is 129 cm³/mol. The molecule has 2 aliphatic heterocycles. The molecule has 0 bridgehead atoms. The van der Waals surface area contributed by atoms with Crippen LogP contribution in [0.4, 0.5) is 4.79 Å². The van der Waals surface area contributed by atoms with Gasteiger partial charge in [0.1, 0.15) is 11.6 Å². The van der Waals surface area contributed by atoms with E-state index >= 15 is 0 Å². The number of hydrogen-bond acceptors (Lipinski definition) is 5. The molecule has 0 saturated carbocycles. The number of nitrogens with one attached hydrogen (secondary N) is 1. The quantitative estimate of drug-likeness (QED) is 0.685. The van der Waals surface area contributed by atoms with Gasteiger partial charge in [-0.15, -0.1) is 0 Å². The molecule has 0 spiro atoms. The fourth-order valence-electron chi connectivity index (χ4n) is 4.01. The molecule has 1 atom stereocenters. The average Bonchev–Trinajstić information content (AvgIpc) is 2.94. The highest BCUT2D eigenvalue weighted by atomic mass is 16.7. The molecule has 0 unspecified atom stereocenters. The summed E-state index contributed by atoms with van der Waals surface area (Å²) in [7, 11) is -0.435. The fraction of sp³-hybridized carbons (Fsp3) is 0.680. The third-order valence-electron chi connectivity index (χ3n) is 6.60. The summed E-state index contributed by atoms with van der Waals surface area (Å²) < 4.78 is 17.7. The first-order valence-electron chi connectivity index (χ1n) is 12.0. The van der Waals surface area contributed by atoms with Crippen LogP contribution in [0.5, 0.6) is 0 Å². The second-order valence-corrected chi connectivity index (χ2v) is 11.1. The van der Waals surface area contributed by atoms with Gasteiger partial charge in [0.05, 0.1) is 11.2 Å². The molecule has 2 heterocycles. The maximum absolute atomic E-state index is 13.2. The summed E-state index contributed by atoms with van der Waals surface area (Å²) in [5.41, 5.74) is 0.435. The SMILES string of the molecule is CC(C)(C)OC(=O)N[C@@H](Cc1ccc(B2OC(C)(C)C(C)(C)O2)cc1)C(=O)N1CCCCC1. The van der Waals surface area contributed by atoms with E-state index in [9.17, 15) is 9.59 Å². The van der Waals surface area contributed by atoms with E-state index in [2.05, 4.69) is 5.32 Å². The van der Waals surface area contributed by atoms with Crippen LogP contribution >= 0.6 is 0 Å². The number of piperidine rings is 1. The molecule has 8 heteroatoms. The molecule has 1 N–H and O–H groups in total. The number of benzene rings is 1. The fourth-order valence-corrected chi connectivity index (χ4v) is 4.01. The van der Waals surface area contributed by atoms with Gasteiger partial charge in [-0.3, -0.25) is 4.79 Å². The van der Waals surface area contributed by atoms with Crippen LogP contribution in [0, 0.1) is 0 Å². The Morgan fingerprint density at radius 1 is 1.03 bits per heavy atom. The molecule has 0 aromatic heterocycles. The summed E-state index contributed by atoms with van der Waals surface area (Å²) in [6, 6.07) is 7.18. The van der Waals surface area contributed by atoms with Gasteiger partial charge in [0.25, 0.3) is 0 Å². The van der Waals surface area contributed by atoms with E-state index in [1.165, 1.54) is 0 Å². The summed E-state index contributed by atoms with van der Waals surface area (Å²) in [6.07, 6.45) is 2.93. The Morgan fingerprint density at radius 2 is 1.58 bits per heavy atom. The molecule has 1 aromatic rings. The van der Waals surface area contributed by atoms with Gasteiger partial charge < -0.3 is 24.3 Å². The van der Waals surface area contributed by atoms with Crippen molar-refractivity contribution in [3.8, 4) is 0 Å². The number of amides is 2. The van der Waals surface area contributed by atoms with Gasteiger partial charge in [-0.2, -0.15) is 0 Å². The largest absolute Gasteiger partial charge is 0.494 e. The zero-order chi connectivity index (χ0) is 24.4. The van der Waals surface area contributed by atoms with E-state index in [1.807, 2.05) is 77.6 Å². The Hall–Kier alpha value is -2.06. The number of rotatable bonds is 5. The minimum Gasteiger partial charge on any atom is -0.444 e. The summed E-state index contributed by atoms with van der Waals surface area (Å²) in [5, 5.41) is 2.81. The van der Waals surface area contributed by atoms with Gasteiger partial charge >= 0.3 is 13.2 Å². The molecule has 1 aromatic carbocycles. The van der Waals surface area contributed by atoms with Gasteiger partial charge in [-0.05, 0) is 78.8 Å². The molecule has 7 nitrogen and oxygen atoms in total. The summed E-state index contributed by atoms with van der Waals surface area (Å²) in [6.45, 7) is 15.0. The maximum Gasteiger partial charge on any atom is 0.494 e. The van der Waals surface area contributed by atoms with E-state index in [0.717, 1.165) is 43.4 Å². The van der Waals surface area contributed by atoms with Crippen molar-refractivity contribution in [1.29, 1.82) is 0 Å². The average molecular weight is 458 g/mol. The van der Waals surface area contributed by atoms with Gasteiger partial charge in [-0.1, -0.05) is 24.3 Å². The van der Waals surface area contributed by atoms with Crippen molar-refractivity contribution >= 4 is 24.6 Å². The van der Waals surface area contributed by atoms with Gasteiger partial charge in [0.2, 0.25) is 5.91 Å². The first kappa shape index (κ1) is 25.6. The Kier molecular flexibility index (Phi) is 7.49. The Balaban J connectivity index is 1.72. The number of alkyl carbamates (subject to hydrolysis) is 1. The molecule has 182 valence electrons. The van der Waals surface area contributed by atoms with Gasteiger partial charge in [-0.25, -0.2) is 4.79 Å². The number of nitrogens with zero attached hydrogens (tertiary/aromatic N) is 1. The van der Waals surface area contributed by atoms with E-state index in [1.54, 1.807) is 0 Å². The van der Waals surface area contributed by atoms with Crippen LogP contribution < -0.4 is 10.8 Å². The van der Waals surface area contributed by atoms with Crippen molar-refractivity contribution in [3.63, 3.8) is 0 Å². The Bertz CT molecular complexity index is 825. The second kappa shape index (κ2) is 9.67. The van der Waals surface area contributed by atoms with Crippen molar-refractivity contribution in [2.24, 2.45) is 0 Å². The standard InChI is InChI=1S/C25H39BN2O5/c1-23(2,3)31-22(30)27-20(21(29)28-15-9-8-10-16-28)17-18-11-13-19(14-12-18)26-32-24(4,5)25(6,7)33-26/h11-14,20H,8-10,15-17H2,1-7H3,(H,27,30)/t20-/m0/s1. The second-order valence-electron chi connectivity index (χ2n) is 11.1. The smallest absolute Gasteiger partial charge is 0.444 e. The van der Waals surface area contributed by atoms with Crippen LogP contribution in [-0.2, 0) is 25.3 Å². The van der Waals surface area contributed by atoms with E-state index < -0.39 is 36.1 Å². The Morgan fingerprint density at radius 3 is 2.09 bits per heavy atom. The van der Waals surface area contributed by atoms with E-state index in [-0.39, 0.29) is 5.91 Å². The first-order valence-corrected chi connectivity index (χ1v) is 12.0. The molecular formula is C25H39BN2O5. The highest BCUT2D eigenvalue weighted by molar-refractivity contribution is 6.62. The van der Waals surface area contributed by atoms with Crippen molar-refractivity contribution in [1.82, 2.24) is 10.2 Å². The number of hydrogen-bond donors (Lipinski definition) is 1. The van der Waals surface area contributed by atoms with Crippen LogP contribution in [0.2, 0.25) is 0 Å². The zero-order valence-electron chi connectivity index (χ0n) is 21.2. The highest BCUT2D eigenvalue weighted by Gasteiger charge is 2.51. The molecule has 3 rings (SSSR count). The third-order valence-corrected chi connectivity index (χ3v) is 6.60. The number of likely N-dealkylation sites (tertiary alicyclic amines) is 1. The lowest BCUT2D eigenvalue weighted by molar-refractivity contribution is -0.134. The monoisotopic (exact) mass is 458 g/mol. The van der Waals surface area contributed by atoms with Crippen LogP contribution in [-0.4, -0.2) is 60.0 Å². The van der Waals surface area contributed by atoms with Crippen molar-refractivity contribution in [2.75, 3.05) is 13.1 Å². The third kappa shape index (κ3) is 6.51. The normalized spacial score (nSPS) is 20.9. The summed E-state index contributed by atoms with van der Waals surface area (Å²) in [5.74, 6) is -0.0596. The molecule has 2 aliphatic rings. The first-order chi connectivity index (χ1) is 15.3. The molecule has 2 saturated heterocycles. The summed E-state index contributed by atoms with van der Waals surface area (Å²) in [4.78, 5) is 27.5. The lowest BCUT2D eigenvalue weighted by Crippen LogP contribution is -2.51. The molecule has 0 radical (unpaired) electrons. The highest BCUT2D eigenvalue weighted by Crippen LogP contribution is 2.36. The molecular weight excluding hydrogens is 419 g/mol. The molecule has 33 heavy (non-hydrogen) atoms. The lowest BCUT2D eigenvalue weighted by atomic mass is 9.78. The van der Waals surface area contributed by atoms with Crippen molar-refractivity contribution in [2.45, 2.75) is 97.0 Å².